The molecule has 0 bridgehead atoms. The van der Waals surface area contributed by atoms with Crippen LogP contribution >= 0.6 is 19.1 Å². The summed E-state index contributed by atoms with van der Waals surface area (Å²) in [4.78, 5) is 38.4. The van der Waals surface area contributed by atoms with E-state index in [2.05, 4.69) is 5.09 Å². The van der Waals surface area contributed by atoms with Crippen molar-refractivity contribution < 1.29 is 37.4 Å². The molecule has 0 amide bonds. The number of aliphatic hydroxyl groups is 1. The minimum atomic E-state index is -4.40. The van der Waals surface area contributed by atoms with E-state index in [0.717, 1.165) is 28.5 Å². The Balaban J connectivity index is 1.43. The van der Waals surface area contributed by atoms with Crippen LogP contribution in [0.25, 0.3) is 10.1 Å². The van der Waals surface area contributed by atoms with Crippen LogP contribution in [0, 0.1) is 0 Å². The van der Waals surface area contributed by atoms with Gasteiger partial charge in [0.1, 0.15) is 29.6 Å². The van der Waals surface area contributed by atoms with Gasteiger partial charge in [0.15, 0.2) is 11.9 Å². The smallest absolute Gasteiger partial charge is 0.459 e. The van der Waals surface area contributed by atoms with Crippen LogP contribution in [-0.2, 0) is 23.4 Å². The fraction of sp³-hybridized carbons (Fsp3) is 0.480. The van der Waals surface area contributed by atoms with Crippen LogP contribution in [-0.4, -0.2) is 56.3 Å². The van der Waals surface area contributed by atoms with Gasteiger partial charge < -0.3 is 19.1 Å². The Morgan fingerprint density at radius 3 is 2.75 bits per heavy atom. The van der Waals surface area contributed by atoms with Gasteiger partial charge in [0, 0.05) is 28.8 Å². The highest BCUT2D eigenvalue weighted by molar-refractivity contribution is 7.52. The zero-order chi connectivity index (χ0) is 29.0. The van der Waals surface area contributed by atoms with Crippen LogP contribution in [0.15, 0.2) is 51.5 Å². The maximum Gasteiger partial charge on any atom is 0.459 e. The molecule has 1 spiro atoms. The summed E-state index contributed by atoms with van der Waals surface area (Å²) in [5, 5.41) is 16.1. The molecular weight excluding hydrogens is 568 g/mol. The molecule has 1 saturated heterocycles. The van der Waals surface area contributed by atoms with Crippen molar-refractivity contribution >= 4 is 35.1 Å². The number of aliphatic hydroxyl groups excluding tert-OH is 1. The van der Waals surface area contributed by atoms with Crippen molar-refractivity contribution in [3.63, 3.8) is 0 Å². The molecule has 5 rings (SSSR count). The van der Waals surface area contributed by atoms with Gasteiger partial charge in [-0.3, -0.25) is 23.7 Å². The number of ether oxygens (including phenoxy) is 2. The Kier molecular flexibility index (Phi) is 7.30. The van der Waals surface area contributed by atoms with Gasteiger partial charge in [-0.1, -0.05) is 6.07 Å². The monoisotopic (exact) mass is 597 g/mol. The molecule has 1 aromatic carbocycles. The minimum absolute atomic E-state index is 0.0925. The third-order valence-electron chi connectivity index (χ3n) is 6.80. The largest absolute Gasteiger partial charge is 0.462 e. The second-order valence-corrected chi connectivity index (χ2v) is 12.9. The van der Waals surface area contributed by atoms with Crippen LogP contribution in [0.2, 0.25) is 0 Å². The number of thiophene rings is 1. The molecule has 15 heteroatoms. The number of hydrogen-bond donors (Lipinski definition) is 3. The number of halogens is 1. The molecule has 12 nitrogen and oxygen atoms in total. The number of hydrogen-bond acceptors (Lipinski definition) is 10. The number of carbonyl (C=O) groups excluding carboxylic acids is 1. The maximum absolute atomic E-state index is 15.8. The number of carbonyl (C=O) groups is 1. The van der Waals surface area contributed by atoms with E-state index >= 15 is 4.39 Å². The number of alkyl halides is 1. The average molecular weight is 598 g/mol. The van der Waals surface area contributed by atoms with Crippen molar-refractivity contribution in [3.05, 3.63) is 62.7 Å². The summed E-state index contributed by atoms with van der Waals surface area (Å²) in [5.41, 5.74) is -5.78. The third kappa shape index (κ3) is 5.15. The first-order valence-electron chi connectivity index (χ1n) is 12.5. The first-order chi connectivity index (χ1) is 18.8. The van der Waals surface area contributed by atoms with Gasteiger partial charge in [0.05, 0.1) is 6.10 Å². The highest BCUT2D eigenvalue weighted by atomic mass is 32.1. The molecule has 40 heavy (non-hydrogen) atoms. The molecule has 0 radical (unpaired) electrons. The zero-order valence-electron chi connectivity index (χ0n) is 22.0. The van der Waals surface area contributed by atoms with Gasteiger partial charge in [0.2, 0.25) is 0 Å². The third-order valence-corrected chi connectivity index (χ3v) is 9.36. The predicted molar refractivity (Wildman–Crippen MR) is 143 cm³/mol. The maximum atomic E-state index is 15.8. The van der Waals surface area contributed by atoms with Crippen LogP contribution in [0.3, 0.4) is 0 Å². The number of H-pyrrole nitrogens is 1. The Morgan fingerprint density at radius 1 is 1.30 bits per heavy atom. The summed E-state index contributed by atoms with van der Waals surface area (Å²) < 4.78 is 54.5. The summed E-state index contributed by atoms with van der Waals surface area (Å²) in [7, 11) is -4.40. The number of benzene rings is 1. The fourth-order valence-electron chi connectivity index (χ4n) is 4.76. The summed E-state index contributed by atoms with van der Waals surface area (Å²) in [6.07, 6.45) is -4.02. The van der Waals surface area contributed by atoms with E-state index in [1.807, 2.05) is 16.4 Å². The quantitative estimate of drug-likeness (QED) is 0.247. The zero-order valence-corrected chi connectivity index (χ0v) is 23.7. The molecule has 1 aliphatic carbocycles. The standard InChI is InChI=1S/C25H29FN3O9PS/c1-13(2)35-20(31)14(3)28-39(34,37-16-6-5-7-17-15(16)9-11-40-17)38-18-12-25(18)21(32)24(4,26)22(36-25)29-10-8-19(30)27-23(29)33/h5-11,13-14,18,21-22,32H,12H2,1-4H3,(H,28,34)(H,27,30,33)/t14-,18-,21-,22+,24+,25-,39?/m0/s1. The Morgan fingerprint density at radius 2 is 2.05 bits per heavy atom. The number of fused-ring (bicyclic) bond motifs is 1. The van der Waals surface area contributed by atoms with Crippen LogP contribution in [0.4, 0.5) is 4.39 Å². The van der Waals surface area contributed by atoms with Gasteiger partial charge >= 0.3 is 19.4 Å². The number of nitrogens with one attached hydrogen (secondary N) is 2. The van der Waals surface area contributed by atoms with Gasteiger partial charge in [-0.2, -0.15) is 5.09 Å². The van der Waals surface area contributed by atoms with Crippen LogP contribution in [0.5, 0.6) is 5.75 Å². The van der Waals surface area contributed by atoms with Crippen molar-refractivity contribution in [2.75, 3.05) is 0 Å². The highest BCUT2D eigenvalue weighted by Gasteiger charge is 2.76. The van der Waals surface area contributed by atoms with E-state index in [4.69, 9.17) is 18.5 Å². The first kappa shape index (κ1) is 28.7. The molecule has 3 heterocycles. The van der Waals surface area contributed by atoms with Crippen molar-refractivity contribution in [2.45, 2.75) is 76.0 Å². The molecule has 2 aromatic heterocycles. The van der Waals surface area contributed by atoms with E-state index in [-0.39, 0.29) is 12.2 Å². The molecule has 7 atom stereocenters. The molecule has 1 unspecified atom stereocenters. The summed E-state index contributed by atoms with van der Waals surface area (Å²) in [5.74, 6) is -0.484. The molecule has 2 fully saturated rings. The van der Waals surface area contributed by atoms with Crippen LogP contribution < -0.4 is 20.9 Å². The van der Waals surface area contributed by atoms with Crippen molar-refractivity contribution in [2.24, 2.45) is 0 Å². The number of nitrogens with zero attached hydrogens (tertiary/aromatic N) is 1. The number of aromatic amines is 1. The molecule has 216 valence electrons. The van der Waals surface area contributed by atoms with Crippen molar-refractivity contribution in [1.82, 2.24) is 14.6 Å². The molecule has 2 aliphatic rings. The molecular formula is C25H29FN3O9PS. The van der Waals surface area contributed by atoms with E-state index in [1.165, 1.54) is 18.3 Å². The first-order valence-corrected chi connectivity index (χ1v) is 15.0. The fourth-order valence-corrected chi connectivity index (χ4v) is 7.30. The number of esters is 1. The Hall–Kier alpha value is -2.87. The minimum Gasteiger partial charge on any atom is -0.462 e. The van der Waals surface area contributed by atoms with Gasteiger partial charge in [-0.05, 0) is 51.3 Å². The van der Waals surface area contributed by atoms with E-state index in [9.17, 15) is 24.1 Å². The second kappa shape index (κ2) is 10.2. The summed E-state index contributed by atoms with van der Waals surface area (Å²) in [6.45, 7) is 5.81. The summed E-state index contributed by atoms with van der Waals surface area (Å²) >= 11 is 1.45. The number of rotatable bonds is 9. The van der Waals surface area contributed by atoms with Crippen molar-refractivity contribution in [1.29, 1.82) is 0 Å². The lowest BCUT2D eigenvalue weighted by molar-refractivity contribution is -0.149. The van der Waals surface area contributed by atoms with E-state index < -0.39 is 66.8 Å². The Labute approximate surface area is 231 Å². The van der Waals surface area contributed by atoms with Gasteiger partial charge in [-0.25, -0.2) is 13.8 Å². The van der Waals surface area contributed by atoms with Gasteiger partial charge in [0.25, 0.3) is 5.56 Å². The SMILES string of the molecule is CC(C)OC(=O)[C@H](C)NP(=O)(Oc1cccc2sccc12)O[C@H]1C[C@]12O[C@@H](n1ccc(=O)[nH]c1=O)[C@](C)(F)[C@@H]2O. The van der Waals surface area contributed by atoms with E-state index in [0.29, 0.717) is 5.39 Å². The number of aromatic nitrogens is 2. The molecule has 3 N–H and O–H groups in total. The second-order valence-electron chi connectivity index (χ2n) is 10.3. The predicted octanol–water partition coefficient (Wildman–Crippen LogP) is 3.01. The lowest BCUT2D eigenvalue weighted by Gasteiger charge is -2.25. The lowest BCUT2D eigenvalue weighted by atomic mass is 9.97. The lowest BCUT2D eigenvalue weighted by Crippen LogP contribution is -2.44. The van der Waals surface area contributed by atoms with Crippen LogP contribution in [0.1, 0.15) is 40.3 Å². The average Bonchev–Trinajstić information content (AvgIpc) is 3.22. The van der Waals surface area contributed by atoms with Crippen molar-refractivity contribution in [3.8, 4) is 5.75 Å². The topological polar surface area (TPSA) is 158 Å². The highest BCUT2D eigenvalue weighted by Crippen LogP contribution is 2.63. The molecule has 1 aliphatic heterocycles. The van der Waals surface area contributed by atoms with Gasteiger partial charge in [-0.15, -0.1) is 11.3 Å². The molecule has 1 saturated carbocycles. The van der Waals surface area contributed by atoms with E-state index in [1.54, 1.807) is 32.0 Å². The Bertz CT molecular complexity index is 1600. The normalized spacial score (nSPS) is 29.9. The molecule has 3 aromatic rings. The summed E-state index contributed by atoms with van der Waals surface area (Å²) in [6, 6.07) is 6.82.